The first-order valence-corrected chi connectivity index (χ1v) is 7.43. The van der Waals surface area contributed by atoms with Gasteiger partial charge >= 0.3 is 0 Å². The average Bonchev–Trinajstić information content (AvgIpc) is 2.55. The number of hydrogen-bond acceptors (Lipinski definition) is 3. The first kappa shape index (κ1) is 21.4. The highest BCUT2D eigenvalue weighted by molar-refractivity contribution is 9.09. The number of benzene rings is 2. The minimum absolute atomic E-state index is 0. The van der Waals surface area contributed by atoms with E-state index >= 15 is 0 Å². The molecule has 7 heteroatoms. The van der Waals surface area contributed by atoms with Crippen molar-refractivity contribution in [1.82, 2.24) is 0 Å². The molecule has 0 radical (unpaired) electrons. The number of carbonyl (C=O) groups excluding carboxylic acids is 2. The lowest BCUT2D eigenvalue weighted by Gasteiger charge is -1.95. The second-order valence-electron chi connectivity index (χ2n) is 4.20. The van der Waals surface area contributed by atoms with E-state index in [2.05, 4.69) is 15.9 Å². The van der Waals surface area contributed by atoms with Gasteiger partial charge in [-0.3, -0.25) is 9.59 Å². The van der Waals surface area contributed by atoms with Crippen LogP contribution in [0.4, 0.5) is 8.78 Å². The number of nitrogens with two attached hydrogens (primary N) is 1. The molecule has 23 heavy (non-hydrogen) atoms. The maximum atomic E-state index is 12.3. The molecule has 0 atom stereocenters. The van der Waals surface area contributed by atoms with Crippen LogP contribution in [0.1, 0.15) is 20.7 Å². The lowest BCUT2D eigenvalue weighted by atomic mass is 10.1. The quantitative estimate of drug-likeness (QED) is 0.621. The fourth-order valence-corrected chi connectivity index (χ4v) is 1.79. The molecule has 0 fully saturated rings. The third kappa shape index (κ3) is 7.45. The largest absolute Gasteiger partial charge is 0.324 e. The number of rotatable bonds is 4. The summed E-state index contributed by atoms with van der Waals surface area (Å²) in [5, 5.41) is 0.276. The van der Waals surface area contributed by atoms with E-state index in [1.54, 1.807) is 0 Å². The second kappa shape index (κ2) is 11.0. The van der Waals surface area contributed by atoms with E-state index in [-0.39, 0.29) is 47.5 Å². The Bertz CT molecular complexity index is 576. The molecule has 0 spiro atoms. The molecule has 0 heterocycles. The summed E-state index contributed by atoms with van der Waals surface area (Å²) in [6.07, 6.45) is 0. The van der Waals surface area contributed by atoms with Crippen LogP contribution >= 0.6 is 28.3 Å². The molecular formula is C16H15BrClF2NO2. The molecule has 0 unspecified atom stereocenters. The summed E-state index contributed by atoms with van der Waals surface area (Å²) in [5.41, 5.74) is 6.08. The van der Waals surface area contributed by atoms with Crippen LogP contribution in [0.2, 0.25) is 0 Å². The van der Waals surface area contributed by atoms with Crippen LogP contribution in [0.5, 0.6) is 0 Å². The zero-order valence-corrected chi connectivity index (χ0v) is 14.4. The first-order valence-electron chi connectivity index (χ1n) is 6.31. The summed E-state index contributed by atoms with van der Waals surface area (Å²) in [4.78, 5) is 21.8. The summed E-state index contributed by atoms with van der Waals surface area (Å²) in [5.74, 6) is -0.885. The van der Waals surface area contributed by atoms with Crippen LogP contribution in [-0.2, 0) is 0 Å². The van der Waals surface area contributed by atoms with Crippen LogP contribution in [0, 0.1) is 11.6 Å². The van der Waals surface area contributed by atoms with Gasteiger partial charge in [0.15, 0.2) is 11.6 Å². The van der Waals surface area contributed by atoms with Crippen molar-refractivity contribution in [3.8, 4) is 0 Å². The van der Waals surface area contributed by atoms with Gasteiger partial charge in [0.2, 0.25) is 0 Å². The molecule has 2 rings (SSSR count). The molecule has 2 N–H and O–H groups in total. The molecule has 0 aromatic heterocycles. The van der Waals surface area contributed by atoms with Gasteiger partial charge in [-0.2, -0.15) is 0 Å². The van der Waals surface area contributed by atoms with E-state index in [0.717, 1.165) is 0 Å². The number of ketones is 2. The standard InChI is InChI=1S/C8H6BrFO.C8H8FNO.ClH/c9-5-8(11)6-1-3-7(10)4-2-6;9-7-3-1-6(2-4-7)8(11)5-10;/h1-4H,5H2;1-4H,5,10H2;1H. The zero-order valence-electron chi connectivity index (χ0n) is 12.0. The van der Waals surface area contributed by atoms with Crippen molar-refractivity contribution in [3.63, 3.8) is 0 Å². The first-order chi connectivity index (χ1) is 10.5. The molecule has 3 nitrogen and oxygen atoms in total. The Balaban J connectivity index is 0.000000403. The molecule has 0 aliphatic heterocycles. The van der Waals surface area contributed by atoms with Gasteiger partial charge in [0.25, 0.3) is 0 Å². The maximum absolute atomic E-state index is 12.3. The smallest absolute Gasteiger partial charge is 0.176 e. The Morgan fingerprint density at radius 1 is 0.826 bits per heavy atom. The van der Waals surface area contributed by atoms with Gasteiger partial charge in [0, 0.05) is 11.1 Å². The highest BCUT2D eigenvalue weighted by atomic mass is 79.9. The van der Waals surface area contributed by atoms with E-state index in [0.29, 0.717) is 11.1 Å². The lowest BCUT2D eigenvalue weighted by molar-refractivity contribution is 0.0998. The topological polar surface area (TPSA) is 60.2 Å². The van der Waals surface area contributed by atoms with E-state index in [1.807, 2.05) is 0 Å². The van der Waals surface area contributed by atoms with Crippen LogP contribution in [0.15, 0.2) is 48.5 Å². The van der Waals surface area contributed by atoms with Crippen molar-refractivity contribution in [1.29, 1.82) is 0 Å². The van der Waals surface area contributed by atoms with E-state index in [1.165, 1.54) is 48.5 Å². The summed E-state index contributed by atoms with van der Waals surface area (Å²) in [6, 6.07) is 10.8. The van der Waals surface area contributed by atoms with Crippen molar-refractivity contribution in [3.05, 3.63) is 71.3 Å². The highest BCUT2D eigenvalue weighted by Crippen LogP contribution is 2.04. The number of carbonyl (C=O) groups is 2. The Hall–Kier alpha value is -1.63. The number of halogens is 4. The van der Waals surface area contributed by atoms with Crippen LogP contribution in [0.3, 0.4) is 0 Å². The van der Waals surface area contributed by atoms with Crippen molar-refractivity contribution in [2.24, 2.45) is 5.73 Å². The van der Waals surface area contributed by atoms with Crippen molar-refractivity contribution in [2.45, 2.75) is 0 Å². The fraction of sp³-hybridized carbons (Fsp3) is 0.125. The Morgan fingerprint density at radius 3 is 1.48 bits per heavy atom. The summed E-state index contributed by atoms with van der Waals surface area (Å²) in [7, 11) is 0. The van der Waals surface area contributed by atoms with E-state index in [4.69, 9.17) is 5.73 Å². The van der Waals surface area contributed by atoms with E-state index < -0.39 is 0 Å². The molecule has 0 amide bonds. The fourth-order valence-electron chi connectivity index (χ4n) is 1.47. The molecule has 0 aliphatic rings. The van der Waals surface area contributed by atoms with Gasteiger partial charge in [0.05, 0.1) is 11.9 Å². The van der Waals surface area contributed by atoms with Gasteiger partial charge in [-0.1, -0.05) is 15.9 Å². The normalized spacial score (nSPS) is 9.22. The third-order valence-corrected chi connectivity index (χ3v) is 3.15. The SMILES string of the molecule is Cl.NCC(=O)c1ccc(F)cc1.O=C(CBr)c1ccc(F)cc1. The minimum Gasteiger partial charge on any atom is -0.324 e. The van der Waals surface area contributed by atoms with Gasteiger partial charge < -0.3 is 5.73 Å². The van der Waals surface area contributed by atoms with Gasteiger partial charge in [0.1, 0.15) is 11.6 Å². The van der Waals surface area contributed by atoms with Gasteiger partial charge in [-0.05, 0) is 48.5 Å². The van der Waals surface area contributed by atoms with Crippen LogP contribution in [0.25, 0.3) is 0 Å². The maximum Gasteiger partial charge on any atom is 0.176 e. The predicted molar refractivity (Wildman–Crippen MR) is 91.6 cm³/mol. The summed E-state index contributed by atoms with van der Waals surface area (Å²) < 4.78 is 24.6. The van der Waals surface area contributed by atoms with Crippen molar-refractivity contribution < 1.29 is 18.4 Å². The van der Waals surface area contributed by atoms with Gasteiger partial charge in [-0.15, -0.1) is 12.4 Å². The molecule has 124 valence electrons. The summed E-state index contributed by atoms with van der Waals surface area (Å²) >= 11 is 3.03. The Labute approximate surface area is 147 Å². The molecule has 2 aromatic carbocycles. The molecule has 2 aromatic rings. The highest BCUT2D eigenvalue weighted by Gasteiger charge is 2.02. The van der Waals surface area contributed by atoms with Gasteiger partial charge in [-0.25, -0.2) is 8.78 Å². The number of Topliss-reactive ketones (excluding diaryl/α,β-unsaturated/α-hetero) is 2. The van der Waals surface area contributed by atoms with Crippen LogP contribution in [-0.4, -0.2) is 23.4 Å². The molecule has 0 bridgehead atoms. The van der Waals surface area contributed by atoms with Crippen LogP contribution < -0.4 is 5.73 Å². The zero-order chi connectivity index (χ0) is 16.5. The minimum atomic E-state index is -0.349. The molecule has 0 saturated carbocycles. The summed E-state index contributed by atoms with van der Waals surface area (Å²) in [6.45, 7) is -0.0361. The predicted octanol–water partition coefficient (Wildman–Crippen LogP) is 3.79. The number of alkyl halides is 1. The monoisotopic (exact) mass is 405 g/mol. The Kier molecular flexibility index (Phi) is 10.2. The molecule has 0 saturated heterocycles. The number of hydrogen-bond donors (Lipinski definition) is 1. The van der Waals surface area contributed by atoms with Crippen molar-refractivity contribution >= 4 is 39.9 Å². The lowest BCUT2D eigenvalue weighted by Crippen LogP contribution is -2.13. The molecule has 0 aliphatic carbocycles. The third-order valence-electron chi connectivity index (χ3n) is 2.64. The molecular weight excluding hydrogens is 392 g/mol. The Morgan fingerprint density at radius 2 is 1.17 bits per heavy atom. The van der Waals surface area contributed by atoms with E-state index in [9.17, 15) is 18.4 Å². The van der Waals surface area contributed by atoms with Crippen molar-refractivity contribution in [2.75, 3.05) is 11.9 Å². The average molecular weight is 407 g/mol. The second-order valence-corrected chi connectivity index (χ2v) is 4.76.